The lowest BCUT2D eigenvalue weighted by atomic mass is 9.99. The highest BCUT2D eigenvalue weighted by atomic mass is 19.1. The number of ether oxygens (including phenoxy) is 1. The molecular formula is C21H20FN3O2. The lowest BCUT2D eigenvalue weighted by molar-refractivity contribution is 0.414. The van der Waals surface area contributed by atoms with Crippen molar-refractivity contribution in [3.8, 4) is 22.8 Å². The number of fused-ring (bicyclic) bond motifs is 2. The van der Waals surface area contributed by atoms with Crippen molar-refractivity contribution in [3.05, 3.63) is 48.4 Å². The van der Waals surface area contributed by atoms with Crippen molar-refractivity contribution < 1.29 is 14.2 Å². The summed E-state index contributed by atoms with van der Waals surface area (Å²) in [5.74, 6) is 0.302. The van der Waals surface area contributed by atoms with Crippen molar-refractivity contribution in [1.82, 2.24) is 9.55 Å². The largest absolute Gasteiger partial charge is 0.497 e. The summed E-state index contributed by atoms with van der Waals surface area (Å²) in [4.78, 5) is 4.71. The molecule has 0 unspecified atom stereocenters. The lowest BCUT2D eigenvalue weighted by Crippen LogP contribution is -1.95. The molecule has 4 aromatic rings. The fourth-order valence-electron chi connectivity index (χ4n) is 3.48. The number of para-hydroxylation sites is 1. The van der Waals surface area contributed by atoms with E-state index < -0.39 is 0 Å². The molecule has 0 aliphatic rings. The third kappa shape index (κ3) is 2.65. The Morgan fingerprint density at radius 1 is 1.22 bits per heavy atom. The minimum Gasteiger partial charge on any atom is -0.497 e. The van der Waals surface area contributed by atoms with Crippen molar-refractivity contribution >= 4 is 27.5 Å². The number of nitrogens with two attached hydrogens (primary N) is 1. The summed E-state index contributed by atoms with van der Waals surface area (Å²) in [6.45, 7) is 2.69. The number of hydrogen-bond acceptors (Lipinski definition) is 4. The van der Waals surface area contributed by atoms with Gasteiger partial charge in [-0.3, -0.25) is 0 Å². The minimum atomic E-state index is -0.366. The van der Waals surface area contributed by atoms with Gasteiger partial charge in [0.25, 0.3) is 0 Å². The van der Waals surface area contributed by atoms with E-state index in [4.69, 9.17) is 15.5 Å². The maximum absolute atomic E-state index is 14.5. The molecular weight excluding hydrogens is 345 g/mol. The Morgan fingerprint density at radius 2 is 2.04 bits per heavy atom. The molecule has 6 heteroatoms. The first-order valence-corrected chi connectivity index (χ1v) is 8.79. The van der Waals surface area contributed by atoms with E-state index in [0.717, 1.165) is 6.42 Å². The van der Waals surface area contributed by atoms with Gasteiger partial charge < -0.3 is 20.1 Å². The highest BCUT2D eigenvalue weighted by molar-refractivity contribution is 6.12. The minimum absolute atomic E-state index is 0.108. The van der Waals surface area contributed by atoms with Crippen LogP contribution in [-0.4, -0.2) is 21.8 Å². The molecule has 0 saturated carbocycles. The lowest BCUT2D eigenvalue weighted by Gasteiger charge is -2.11. The zero-order valence-corrected chi connectivity index (χ0v) is 15.2. The summed E-state index contributed by atoms with van der Waals surface area (Å²) in [6.07, 6.45) is 2.65. The van der Waals surface area contributed by atoms with Crippen molar-refractivity contribution in [1.29, 1.82) is 0 Å². The third-order valence-electron chi connectivity index (χ3n) is 4.79. The van der Waals surface area contributed by atoms with E-state index in [0.29, 0.717) is 50.9 Å². The Labute approximate surface area is 155 Å². The van der Waals surface area contributed by atoms with Crippen molar-refractivity contribution in [2.45, 2.75) is 19.9 Å². The topological polar surface area (TPSA) is 73.3 Å². The van der Waals surface area contributed by atoms with Gasteiger partial charge in [0.05, 0.1) is 29.2 Å². The number of anilines is 1. The van der Waals surface area contributed by atoms with Gasteiger partial charge in [-0.25, -0.2) is 9.37 Å². The number of methoxy groups -OCH3 is 1. The fourth-order valence-corrected chi connectivity index (χ4v) is 3.48. The third-order valence-corrected chi connectivity index (χ3v) is 4.79. The molecule has 2 aromatic carbocycles. The molecule has 138 valence electrons. The second kappa shape index (κ2) is 6.46. The van der Waals surface area contributed by atoms with Crippen LogP contribution >= 0.6 is 0 Å². The standard InChI is InChI=1S/C21H20FN3O2/c1-3-9-25-11-17-18(21(25)26)19(23)14-6-4-5-13(20(14)24-17)15-10-12(27-2)7-8-16(15)22/h4-8,10-11,26H,3,9,23H2,1-2H3. The predicted molar refractivity (Wildman–Crippen MR) is 106 cm³/mol. The van der Waals surface area contributed by atoms with Crippen LogP contribution in [0, 0.1) is 5.82 Å². The molecule has 4 rings (SSSR count). The summed E-state index contributed by atoms with van der Waals surface area (Å²) in [7, 11) is 1.54. The first-order chi connectivity index (χ1) is 13.0. The van der Waals surface area contributed by atoms with Crippen LogP contribution in [0.15, 0.2) is 42.6 Å². The Hall–Kier alpha value is -3.28. The maximum Gasteiger partial charge on any atom is 0.202 e. The second-order valence-corrected chi connectivity index (χ2v) is 6.48. The molecule has 0 amide bonds. The van der Waals surface area contributed by atoms with Crippen LogP contribution in [0.2, 0.25) is 0 Å². The number of pyridine rings is 1. The van der Waals surface area contributed by atoms with Crippen LogP contribution in [-0.2, 0) is 6.54 Å². The monoisotopic (exact) mass is 365 g/mol. The van der Waals surface area contributed by atoms with Gasteiger partial charge in [0, 0.05) is 29.3 Å². The Morgan fingerprint density at radius 3 is 2.78 bits per heavy atom. The molecule has 0 radical (unpaired) electrons. The molecule has 2 aromatic heterocycles. The van der Waals surface area contributed by atoms with E-state index >= 15 is 0 Å². The summed E-state index contributed by atoms with van der Waals surface area (Å²) < 4.78 is 21.5. The summed E-state index contributed by atoms with van der Waals surface area (Å²) in [5.41, 5.74) is 9.00. The summed E-state index contributed by atoms with van der Waals surface area (Å²) in [6, 6.07) is 10.0. The molecule has 5 nitrogen and oxygen atoms in total. The molecule has 3 N–H and O–H groups in total. The number of benzene rings is 2. The van der Waals surface area contributed by atoms with E-state index in [1.165, 1.54) is 6.07 Å². The highest BCUT2D eigenvalue weighted by Gasteiger charge is 2.18. The molecule has 27 heavy (non-hydrogen) atoms. The first kappa shape index (κ1) is 17.1. The van der Waals surface area contributed by atoms with E-state index in [9.17, 15) is 9.50 Å². The van der Waals surface area contributed by atoms with Crippen molar-refractivity contribution in [3.63, 3.8) is 0 Å². The van der Waals surface area contributed by atoms with Crippen LogP contribution in [0.4, 0.5) is 10.1 Å². The smallest absolute Gasteiger partial charge is 0.202 e. The molecule has 0 saturated heterocycles. The second-order valence-electron chi connectivity index (χ2n) is 6.48. The Balaban J connectivity index is 2.05. The van der Waals surface area contributed by atoms with Gasteiger partial charge in [-0.1, -0.05) is 25.1 Å². The van der Waals surface area contributed by atoms with Gasteiger partial charge >= 0.3 is 0 Å². The van der Waals surface area contributed by atoms with Gasteiger partial charge in [0.15, 0.2) is 0 Å². The molecule has 0 bridgehead atoms. The molecule has 2 heterocycles. The number of aromatic hydroxyl groups is 1. The summed E-state index contributed by atoms with van der Waals surface area (Å²) in [5, 5.41) is 11.7. The number of nitrogen functional groups attached to an aromatic ring is 1. The number of nitrogens with zero attached hydrogens (tertiary/aromatic N) is 2. The summed E-state index contributed by atoms with van der Waals surface area (Å²) >= 11 is 0. The Kier molecular flexibility index (Phi) is 4.11. The average Bonchev–Trinajstić information content (AvgIpc) is 2.98. The number of halogens is 1. The number of aromatic nitrogens is 2. The number of hydrogen-bond donors (Lipinski definition) is 2. The molecule has 0 aliphatic carbocycles. The van der Waals surface area contributed by atoms with Crippen LogP contribution < -0.4 is 10.5 Å². The number of rotatable bonds is 4. The Bertz CT molecular complexity index is 1170. The zero-order valence-electron chi connectivity index (χ0n) is 15.2. The van der Waals surface area contributed by atoms with Crippen LogP contribution in [0.3, 0.4) is 0 Å². The molecule has 0 atom stereocenters. The van der Waals surface area contributed by atoms with Gasteiger partial charge in [0.1, 0.15) is 11.6 Å². The van der Waals surface area contributed by atoms with E-state index in [1.54, 1.807) is 42.1 Å². The molecule has 0 aliphatic heterocycles. The van der Waals surface area contributed by atoms with Gasteiger partial charge in [0.2, 0.25) is 5.88 Å². The van der Waals surface area contributed by atoms with E-state index in [-0.39, 0.29) is 11.7 Å². The van der Waals surface area contributed by atoms with Crippen LogP contribution in [0.5, 0.6) is 11.6 Å². The SMILES string of the molecule is CCCn1cc2nc3c(-c4cc(OC)ccc4F)cccc3c(N)c2c1O. The fraction of sp³-hybridized carbons (Fsp3) is 0.190. The van der Waals surface area contributed by atoms with Crippen molar-refractivity contribution in [2.24, 2.45) is 0 Å². The highest BCUT2D eigenvalue weighted by Crippen LogP contribution is 2.39. The maximum atomic E-state index is 14.5. The van der Waals surface area contributed by atoms with E-state index in [1.807, 2.05) is 13.0 Å². The molecule has 0 fully saturated rings. The first-order valence-electron chi connectivity index (χ1n) is 8.79. The predicted octanol–water partition coefficient (Wildman–Crippen LogP) is 4.70. The average molecular weight is 365 g/mol. The van der Waals surface area contributed by atoms with Gasteiger partial charge in [-0.05, 0) is 24.6 Å². The van der Waals surface area contributed by atoms with Gasteiger partial charge in [-0.2, -0.15) is 0 Å². The number of aryl methyl sites for hydroxylation is 1. The van der Waals surface area contributed by atoms with Crippen molar-refractivity contribution in [2.75, 3.05) is 12.8 Å². The van der Waals surface area contributed by atoms with Crippen LogP contribution in [0.25, 0.3) is 32.9 Å². The van der Waals surface area contributed by atoms with Crippen LogP contribution in [0.1, 0.15) is 13.3 Å². The quantitative estimate of drug-likeness (QED) is 0.550. The normalized spacial score (nSPS) is 11.4. The van der Waals surface area contributed by atoms with E-state index in [2.05, 4.69) is 0 Å². The zero-order chi connectivity index (χ0) is 19.1. The van der Waals surface area contributed by atoms with Gasteiger partial charge in [-0.15, -0.1) is 0 Å². The molecule has 0 spiro atoms.